The molecule has 0 radical (unpaired) electrons. The highest BCUT2D eigenvalue weighted by molar-refractivity contribution is 7.98. The third-order valence-corrected chi connectivity index (χ3v) is 3.68. The van der Waals surface area contributed by atoms with Crippen molar-refractivity contribution in [2.75, 3.05) is 0 Å². The molecule has 3 heterocycles. The minimum Gasteiger partial charge on any atom is -0.419 e. The summed E-state index contributed by atoms with van der Waals surface area (Å²) in [6.07, 6.45) is 1.65. The molecule has 8 heteroatoms. The van der Waals surface area contributed by atoms with Crippen LogP contribution in [-0.4, -0.2) is 25.6 Å². The zero-order valence-electron chi connectivity index (χ0n) is 8.53. The Morgan fingerprint density at radius 1 is 1.41 bits per heavy atom. The fourth-order valence-electron chi connectivity index (χ4n) is 1.21. The van der Waals surface area contributed by atoms with Crippen LogP contribution in [0.15, 0.2) is 33.2 Å². The van der Waals surface area contributed by atoms with Crippen LogP contribution in [-0.2, 0) is 5.75 Å². The summed E-state index contributed by atoms with van der Waals surface area (Å²) in [5, 5.41) is 21.0. The molecule has 3 aromatic rings. The molecule has 0 saturated heterocycles. The van der Waals surface area contributed by atoms with Gasteiger partial charge in [-0.2, -0.15) is 10.3 Å². The van der Waals surface area contributed by atoms with Gasteiger partial charge in [-0.15, -0.1) is 26.6 Å². The van der Waals surface area contributed by atoms with E-state index >= 15 is 0 Å². The first-order valence-corrected chi connectivity index (χ1v) is 6.63. The zero-order chi connectivity index (χ0) is 11.5. The quantitative estimate of drug-likeness (QED) is 0.728. The Morgan fingerprint density at radius 2 is 2.41 bits per heavy atom. The van der Waals surface area contributed by atoms with E-state index < -0.39 is 0 Å². The average molecular weight is 265 g/mol. The van der Waals surface area contributed by atoms with Crippen LogP contribution in [0.5, 0.6) is 0 Å². The number of hydrogen-bond acceptors (Lipinski definition) is 7. The summed E-state index contributed by atoms with van der Waals surface area (Å²) in [5.74, 6) is 1.74. The van der Waals surface area contributed by atoms with E-state index in [4.69, 9.17) is 4.42 Å². The van der Waals surface area contributed by atoms with Gasteiger partial charge in [0.25, 0.3) is 5.89 Å². The van der Waals surface area contributed by atoms with Crippen LogP contribution < -0.4 is 0 Å². The van der Waals surface area contributed by atoms with Gasteiger partial charge in [-0.25, -0.2) is 0 Å². The lowest BCUT2D eigenvalue weighted by molar-refractivity contribution is 0.529. The number of H-pyrrole nitrogens is 1. The number of nitrogens with one attached hydrogen (secondary N) is 1. The van der Waals surface area contributed by atoms with Crippen LogP contribution in [0.25, 0.3) is 10.8 Å². The van der Waals surface area contributed by atoms with E-state index in [0.29, 0.717) is 17.5 Å². The van der Waals surface area contributed by atoms with Crippen molar-refractivity contribution in [3.63, 3.8) is 0 Å². The van der Waals surface area contributed by atoms with Crippen molar-refractivity contribution in [2.24, 2.45) is 0 Å². The van der Waals surface area contributed by atoms with Crippen molar-refractivity contribution in [3.05, 3.63) is 29.6 Å². The molecule has 0 bridgehead atoms. The summed E-state index contributed by atoms with van der Waals surface area (Å²) in [6, 6.07) is 3.90. The van der Waals surface area contributed by atoms with Crippen molar-refractivity contribution in [2.45, 2.75) is 10.8 Å². The summed E-state index contributed by atoms with van der Waals surface area (Å²) < 4.78 is 5.54. The first-order valence-electron chi connectivity index (χ1n) is 4.76. The van der Waals surface area contributed by atoms with Gasteiger partial charge in [0, 0.05) is 0 Å². The van der Waals surface area contributed by atoms with Gasteiger partial charge in [0.1, 0.15) is 5.03 Å². The van der Waals surface area contributed by atoms with Crippen LogP contribution >= 0.6 is 23.1 Å². The Hall–Kier alpha value is -1.67. The van der Waals surface area contributed by atoms with Crippen LogP contribution in [0, 0.1) is 0 Å². The van der Waals surface area contributed by atoms with Crippen LogP contribution in [0.4, 0.5) is 0 Å². The maximum Gasteiger partial charge on any atom is 0.257 e. The highest BCUT2D eigenvalue weighted by Gasteiger charge is 2.09. The van der Waals surface area contributed by atoms with Gasteiger partial charge in [-0.05, 0) is 11.4 Å². The van der Waals surface area contributed by atoms with Crippen molar-refractivity contribution >= 4 is 23.1 Å². The fraction of sp³-hybridized carbons (Fsp3) is 0.111. The van der Waals surface area contributed by atoms with Gasteiger partial charge >= 0.3 is 0 Å². The third-order valence-electron chi connectivity index (χ3n) is 1.94. The van der Waals surface area contributed by atoms with Gasteiger partial charge in [0.05, 0.1) is 16.8 Å². The van der Waals surface area contributed by atoms with Crippen molar-refractivity contribution in [3.8, 4) is 10.8 Å². The number of thioether (sulfide) groups is 1. The van der Waals surface area contributed by atoms with Gasteiger partial charge in [-0.1, -0.05) is 17.8 Å². The lowest BCUT2D eigenvalue weighted by Gasteiger charge is -1.90. The third kappa shape index (κ3) is 2.37. The first kappa shape index (κ1) is 10.5. The molecule has 0 aliphatic rings. The smallest absolute Gasteiger partial charge is 0.257 e. The van der Waals surface area contributed by atoms with E-state index in [1.54, 1.807) is 17.5 Å². The van der Waals surface area contributed by atoms with E-state index in [-0.39, 0.29) is 0 Å². The molecule has 0 saturated carbocycles. The lowest BCUT2D eigenvalue weighted by Crippen LogP contribution is -1.80. The van der Waals surface area contributed by atoms with Gasteiger partial charge in [0.2, 0.25) is 5.89 Å². The minimum atomic E-state index is 0.566. The monoisotopic (exact) mass is 265 g/mol. The van der Waals surface area contributed by atoms with E-state index in [1.165, 1.54) is 11.8 Å². The Balaban J connectivity index is 1.69. The van der Waals surface area contributed by atoms with Gasteiger partial charge < -0.3 is 4.42 Å². The van der Waals surface area contributed by atoms with E-state index in [2.05, 4.69) is 25.6 Å². The number of rotatable bonds is 4. The maximum absolute atomic E-state index is 5.54. The second-order valence-electron chi connectivity index (χ2n) is 3.08. The second-order valence-corrected chi connectivity index (χ2v) is 5.02. The Kier molecular flexibility index (Phi) is 2.88. The number of aromatic nitrogens is 5. The molecule has 17 heavy (non-hydrogen) atoms. The number of nitrogens with zero attached hydrogens (tertiary/aromatic N) is 4. The molecule has 86 valence electrons. The molecule has 0 spiro atoms. The van der Waals surface area contributed by atoms with Crippen LogP contribution in [0.3, 0.4) is 0 Å². The molecular formula is C9H7N5OS2. The van der Waals surface area contributed by atoms with Crippen LogP contribution in [0.2, 0.25) is 0 Å². The minimum absolute atomic E-state index is 0.566. The fourth-order valence-corrected chi connectivity index (χ4v) is 2.47. The Morgan fingerprint density at radius 3 is 3.18 bits per heavy atom. The summed E-state index contributed by atoms with van der Waals surface area (Å²) in [4.78, 5) is 0.982. The highest BCUT2D eigenvalue weighted by Crippen LogP contribution is 2.25. The molecular weight excluding hydrogens is 258 g/mol. The lowest BCUT2D eigenvalue weighted by atomic mass is 10.5. The summed E-state index contributed by atoms with van der Waals surface area (Å²) in [6.45, 7) is 0. The molecule has 0 aliphatic carbocycles. The predicted molar refractivity (Wildman–Crippen MR) is 63.6 cm³/mol. The predicted octanol–water partition coefficient (Wildman–Crippen LogP) is 2.21. The summed E-state index contributed by atoms with van der Waals surface area (Å²) in [5.41, 5.74) is 0. The average Bonchev–Trinajstić information content (AvgIpc) is 3.09. The Labute approximate surface area is 104 Å². The summed E-state index contributed by atoms with van der Waals surface area (Å²) in [7, 11) is 0. The molecule has 3 rings (SSSR count). The largest absolute Gasteiger partial charge is 0.419 e. The van der Waals surface area contributed by atoms with Gasteiger partial charge in [0.15, 0.2) is 0 Å². The van der Waals surface area contributed by atoms with Crippen molar-refractivity contribution in [1.82, 2.24) is 25.6 Å². The van der Waals surface area contributed by atoms with Crippen molar-refractivity contribution in [1.29, 1.82) is 0 Å². The van der Waals surface area contributed by atoms with E-state index in [9.17, 15) is 0 Å². The molecule has 0 unspecified atom stereocenters. The zero-order valence-corrected chi connectivity index (χ0v) is 10.2. The Bertz CT molecular complexity index is 574. The van der Waals surface area contributed by atoms with E-state index in [0.717, 1.165) is 9.90 Å². The molecule has 1 N–H and O–H groups in total. The SMILES string of the molecule is c1csc(-c2nnc(CSc3cn[nH]n3)o2)c1. The number of aromatic amines is 1. The number of hydrogen-bond donors (Lipinski definition) is 1. The molecule has 0 amide bonds. The van der Waals surface area contributed by atoms with Crippen LogP contribution in [0.1, 0.15) is 5.89 Å². The first-order chi connectivity index (χ1) is 8.42. The molecule has 0 atom stereocenters. The molecule has 0 aliphatic heterocycles. The number of thiophene rings is 1. The maximum atomic E-state index is 5.54. The normalized spacial score (nSPS) is 10.8. The molecule has 3 aromatic heterocycles. The standard InChI is InChI=1S/C9H7N5OS2/c1-2-6(16-3-1)9-13-11-7(15-9)5-17-8-4-10-14-12-8/h1-4H,5H2,(H,10,12,14). The van der Waals surface area contributed by atoms with Gasteiger partial charge in [-0.3, -0.25) is 0 Å². The molecule has 6 nitrogen and oxygen atoms in total. The summed E-state index contributed by atoms with van der Waals surface area (Å²) >= 11 is 3.07. The van der Waals surface area contributed by atoms with E-state index in [1.807, 2.05) is 17.5 Å². The highest BCUT2D eigenvalue weighted by atomic mass is 32.2. The molecule has 0 aromatic carbocycles. The topological polar surface area (TPSA) is 80.5 Å². The molecule has 0 fully saturated rings. The second kappa shape index (κ2) is 4.68. The van der Waals surface area contributed by atoms with Crippen molar-refractivity contribution < 1.29 is 4.42 Å².